The topological polar surface area (TPSA) is 108 Å². The second-order valence-electron chi connectivity index (χ2n) is 9.58. The first-order valence-electron chi connectivity index (χ1n) is 11.5. The van der Waals surface area contributed by atoms with Crippen molar-refractivity contribution in [1.82, 2.24) is 5.32 Å². The number of ether oxygens (including phenoxy) is 2. The number of rotatable bonds is 7. The first-order valence-corrected chi connectivity index (χ1v) is 11.5. The van der Waals surface area contributed by atoms with Gasteiger partial charge < -0.3 is 14.8 Å². The molecule has 1 aliphatic heterocycles. The molecule has 0 spiro atoms. The van der Waals surface area contributed by atoms with Gasteiger partial charge in [0.05, 0.1) is 10.5 Å². The second kappa shape index (κ2) is 9.74. The molecule has 0 saturated heterocycles. The van der Waals surface area contributed by atoms with Gasteiger partial charge in [-0.15, -0.1) is 0 Å². The molecule has 0 fully saturated rings. The van der Waals surface area contributed by atoms with E-state index < -0.39 is 16.8 Å². The van der Waals surface area contributed by atoms with E-state index in [-0.39, 0.29) is 30.1 Å². The maximum Gasteiger partial charge on any atom is 0.336 e. The number of para-hydroxylation sites is 1. The van der Waals surface area contributed by atoms with E-state index >= 15 is 0 Å². The predicted octanol–water partition coefficient (Wildman–Crippen LogP) is 4.82. The van der Waals surface area contributed by atoms with Gasteiger partial charge in [0.2, 0.25) is 0 Å². The minimum Gasteiger partial charge on any atom is -0.490 e. The highest BCUT2D eigenvalue weighted by Crippen LogP contribution is 2.46. The van der Waals surface area contributed by atoms with Gasteiger partial charge in [-0.05, 0) is 36.5 Å². The zero-order chi connectivity index (χ0) is 25.2. The maximum absolute atomic E-state index is 13.3. The van der Waals surface area contributed by atoms with Crippen molar-refractivity contribution in [3.63, 3.8) is 0 Å². The summed E-state index contributed by atoms with van der Waals surface area (Å²) in [7, 11) is 0. The van der Waals surface area contributed by atoms with E-state index in [0.29, 0.717) is 41.0 Å². The zero-order valence-corrected chi connectivity index (χ0v) is 20.0. The van der Waals surface area contributed by atoms with Crippen molar-refractivity contribution in [3.8, 4) is 5.75 Å². The van der Waals surface area contributed by atoms with Crippen LogP contribution in [0.3, 0.4) is 0 Å². The van der Waals surface area contributed by atoms with E-state index in [1.54, 1.807) is 19.1 Å². The van der Waals surface area contributed by atoms with E-state index in [9.17, 15) is 19.7 Å². The van der Waals surface area contributed by atoms with E-state index in [4.69, 9.17) is 9.47 Å². The number of carbonyl (C=O) groups excluding carboxylic acids is 2. The maximum atomic E-state index is 13.3. The van der Waals surface area contributed by atoms with Crippen molar-refractivity contribution in [1.29, 1.82) is 0 Å². The van der Waals surface area contributed by atoms with Crippen LogP contribution in [-0.2, 0) is 14.3 Å². The Hall–Kier alpha value is -3.94. The number of nitrogens with zero attached hydrogens (tertiary/aromatic N) is 1. The number of carbonyl (C=O) groups is 2. The number of non-ortho nitro benzene ring substituents is 1. The van der Waals surface area contributed by atoms with Crippen LogP contribution in [0.1, 0.15) is 45.1 Å². The summed E-state index contributed by atoms with van der Waals surface area (Å²) < 4.78 is 11.1. The minimum atomic E-state index is -0.668. The van der Waals surface area contributed by atoms with E-state index in [1.165, 1.54) is 12.1 Å². The Morgan fingerprint density at radius 1 is 1.09 bits per heavy atom. The highest BCUT2D eigenvalue weighted by atomic mass is 16.6. The number of esters is 1. The fourth-order valence-corrected chi connectivity index (χ4v) is 4.72. The summed E-state index contributed by atoms with van der Waals surface area (Å²) >= 11 is 0. The third kappa shape index (κ3) is 5.26. The number of benzene rings is 2. The molecule has 1 aliphatic carbocycles. The normalized spacial score (nSPS) is 19.1. The van der Waals surface area contributed by atoms with Crippen LogP contribution in [0.25, 0.3) is 0 Å². The van der Waals surface area contributed by atoms with Crippen LogP contribution >= 0.6 is 0 Å². The molecule has 8 nitrogen and oxygen atoms in total. The number of nitro benzene ring substituents is 1. The molecule has 1 unspecified atom stereocenters. The molecule has 1 N–H and O–H groups in total. The number of nitrogens with one attached hydrogen (secondary N) is 1. The molecule has 2 aromatic rings. The Kier molecular flexibility index (Phi) is 6.73. The van der Waals surface area contributed by atoms with Crippen LogP contribution in [0, 0.1) is 15.5 Å². The molecule has 4 rings (SSSR count). The van der Waals surface area contributed by atoms with Crippen LogP contribution < -0.4 is 10.1 Å². The SMILES string of the molecule is CC1=C(C(=O)OCCOc2ccccc2)C(c2ccc([N+](=O)[O-])cc2)C2=C(CC(C)(C)CC2=O)N1. The Balaban J connectivity index is 1.62. The first-order chi connectivity index (χ1) is 16.7. The third-order valence-electron chi connectivity index (χ3n) is 6.23. The molecule has 2 aromatic carbocycles. The summed E-state index contributed by atoms with van der Waals surface area (Å²) in [5.74, 6) is -0.595. The number of ketones is 1. The monoisotopic (exact) mass is 476 g/mol. The van der Waals surface area contributed by atoms with Crippen LogP contribution in [0.4, 0.5) is 5.69 Å². The summed E-state index contributed by atoms with van der Waals surface area (Å²) in [4.78, 5) is 37.2. The Morgan fingerprint density at radius 3 is 2.43 bits per heavy atom. The lowest BCUT2D eigenvalue weighted by molar-refractivity contribution is -0.384. The average molecular weight is 477 g/mol. The Morgan fingerprint density at radius 2 is 1.77 bits per heavy atom. The summed E-state index contributed by atoms with van der Waals surface area (Å²) in [5.41, 5.74) is 2.60. The van der Waals surface area contributed by atoms with Crippen LogP contribution in [0.5, 0.6) is 5.75 Å². The van der Waals surface area contributed by atoms with Gasteiger partial charge in [0.25, 0.3) is 5.69 Å². The quantitative estimate of drug-likeness (QED) is 0.264. The van der Waals surface area contributed by atoms with E-state index in [0.717, 1.165) is 5.70 Å². The van der Waals surface area contributed by atoms with Crippen LogP contribution in [-0.4, -0.2) is 29.9 Å². The fourth-order valence-electron chi connectivity index (χ4n) is 4.72. The molecular weight excluding hydrogens is 448 g/mol. The molecule has 0 saturated carbocycles. The van der Waals surface area contributed by atoms with E-state index in [2.05, 4.69) is 5.32 Å². The second-order valence-corrected chi connectivity index (χ2v) is 9.58. The lowest BCUT2D eigenvalue weighted by Crippen LogP contribution is -2.38. The highest BCUT2D eigenvalue weighted by molar-refractivity contribution is 6.04. The number of allylic oxidation sites excluding steroid dienone is 3. The molecule has 2 aliphatic rings. The van der Waals surface area contributed by atoms with Gasteiger partial charge in [0.1, 0.15) is 19.0 Å². The minimum absolute atomic E-state index is 0.0321. The average Bonchev–Trinajstić information content (AvgIpc) is 2.80. The molecule has 1 heterocycles. The van der Waals surface area contributed by atoms with Gasteiger partial charge in [-0.1, -0.05) is 44.2 Å². The van der Waals surface area contributed by atoms with Crippen molar-refractivity contribution in [3.05, 3.63) is 92.8 Å². The van der Waals surface area contributed by atoms with Crippen molar-refractivity contribution < 1.29 is 24.0 Å². The molecular formula is C27H28N2O6. The van der Waals surface area contributed by atoms with Crippen molar-refractivity contribution in [2.24, 2.45) is 5.41 Å². The smallest absolute Gasteiger partial charge is 0.336 e. The van der Waals surface area contributed by atoms with E-state index in [1.807, 2.05) is 44.2 Å². The van der Waals surface area contributed by atoms with Gasteiger partial charge in [-0.3, -0.25) is 14.9 Å². The molecule has 0 radical (unpaired) electrons. The number of Topliss-reactive ketones (excluding diaryl/α,β-unsaturated/α-hetero) is 1. The molecule has 35 heavy (non-hydrogen) atoms. The molecule has 8 heteroatoms. The largest absolute Gasteiger partial charge is 0.490 e. The lowest BCUT2D eigenvalue weighted by atomic mass is 9.68. The number of hydrogen-bond acceptors (Lipinski definition) is 7. The van der Waals surface area contributed by atoms with Gasteiger partial charge >= 0.3 is 5.97 Å². The molecule has 1 atom stereocenters. The zero-order valence-electron chi connectivity index (χ0n) is 20.0. The summed E-state index contributed by atoms with van der Waals surface area (Å²) in [6.45, 7) is 6.06. The van der Waals surface area contributed by atoms with Crippen LogP contribution in [0.2, 0.25) is 0 Å². The van der Waals surface area contributed by atoms with Crippen molar-refractivity contribution in [2.75, 3.05) is 13.2 Å². The third-order valence-corrected chi connectivity index (χ3v) is 6.23. The van der Waals surface area contributed by atoms with Crippen molar-refractivity contribution >= 4 is 17.4 Å². The predicted molar refractivity (Wildman–Crippen MR) is 130 cm³/mol. The van der Waals surface area contributed by atoms with Gasteiger partial charge in [0.15, 0.2) is 5.78 Å². The lowest BCUT2D eigenvalue weighted by Gasteiger charge is -2.39. The summed E-state index contributed by atoms with van der Waals surface area (Å²) in [5, 5.41) is 14.4. The first kappa shape index (κ1) is 24.2. The summed E-state index contributed by atoms with van der Waals surface area (Å²) in [6, 6.07) is 15.2. The molecule has 0 aromatic heterocycles. The summed E-state index contributed by atoms with van der Waals surface area (Å²) in [6.07, 6.45) is 1.01. The molecule has 0 amide bonds. The fraction of sp³-hybridized carbons (Fsp3) is 0.333. The van der Waals surface area contributed by atoms with Gasteiger partial charge in [-0.2, -0.15) is 0 Å². The molecule has 0 bridgehead atoms. The number of nitro groups is 1. The van der Waals surface area contributed by atoms with Gasteiger partial charge in [-0.25, -0.2) is 4.79 Å². The molecule has 182 valence electrons. The Bertz CT molecular complexity index is 1210. The number of hydrogen-bond donors (Lipinski definition) is 1. The van der Waals surface area contributed by atoms with Gasteiger partial charge in [0, 0.05) is 41.4 Å². The van der Waals surface area contributed by atoms with Crippen molar-refractivity contribution in [2.45, 2.75) is 39.5 Å². The highest BCUT2D eigenvalue weighted by Gasteiger charge is 2.43. The number of dihydropyridines is 1. The standard InChI is InChI=1S/C27H28N2O6/c1-17-23(26(31)35-14-13-34-20-7-5-4-6-8-20)24(18-9-11-19(12-10-18)29(32)33)25-21(28-17)15-27(2,3)16-22(25)30/h4-12,24,28H,13-16H2,1-3H3. The Labute approximate surface area is 203 Å². The van der Waals surface area contributed by atoms with Crippen LogP contribution in [0.15, 0.2) is 77.1 Å².